The van der Waals surface area contributed by atoms with Crippen molar-refractivity contribution in [3.63, 3.8) is 0 Å². The molecule has 4 aromatic carbocycles. The highest BCUT2D eigenvalue weighted by atomic mass is 16.6. The number of carbonyl (C=O) groups excluding carboxylic acids is 11. The average Bonchev–Trinajstić information content (AvgIpc) is 1.67. The zero-order valence-corrected chi connectivity index (χ0v) is 75.0. The molecule has 2 aromatic heterocycles. The Morgan fingerprint density at radius 3 is 1.22 bits per heavy atom. The number of amides is 9. The van der Waals surface area contributed by atoms with E-state index in [2.05, 4.69) is 47.2 Å². The van der Waals surface area contributed by atoms with Crippen LogP contribution in [0.4, 0.5) is 9.59 Å². The lowest BCUT2D eigenvalue weighted by Gasteiger charge is -2.37. The second kappa shape index (κ2) is 40.4. The highest BCUT2D eigenvalue weighted by Crippen LogP contribution is 2.33. The number of carboxylic acid groups (broad SMARTS) is 1. The summed E-state index contributed by atoms with van der Waals surface area (Å²) in [5.74, 6) is -7.98. The van der Waals surface area contributed by atoms with Crippen LogP contribution in [0.2, 0.25) is 0 Å². The van der Waals surface area contributed by atoms with Crippen molar-refractivity contribution in [2.45, 2.75) is 285 Å². The lowest BCUT2D eigenvalue weighted by molar-refractivity contribution is -0.160. The Labute approximate surface area is 718 Å². The van der Waals surface area contributed by atoms with Crippen LogP contribution in [-0.4, -0.2) is 249 Å². The third-order valence-electron chi connectivity index (χ3n) is 20.8. The first-order valence-electron chi connectivity index (χ1n) is 41.6. The number of benzene rings is 4. The summed E-state index contributed by atoms with van der Waals surface area (Å²) in [6, 6.07) is 12.9. The van der Waals surface area contributed by atoms with Gasteiger partial charge in [-0.3, -0.25) is 43.4 Å². The monoisotopic (exact) mass is 1710 g/mol. The van der Waals surface area contributed by atoms with Gasteiger partial charge in [-0.05, 0) is 173 Å². The quantitative estimate of drug-likeness (QED) is 0.0154. The normalized spacial score (nSPS) is 17.9. The molecule has 35 heteroatoms. The molecule has 2 aliphatic heterocycles. The predicted octanol–water partition coefficient (Wildman–Crippen LogP) is 7.58. The van der Waals surface area contributed by atoms with Crippen LogP contribution in [0.1, 0.15) is 199 Å². The number of aromatic nitrogens is 6. The van der Waals surface area contributed by atoms with Crippen LogP contribution in [-0.2, 0) is 102 Å². The molecule has 0 radical (unpaired) electrons. The predicted molar refractivity (Wildman–Crippen MR) is 455 cm³/mol. The Morgan fingerprint density at radius 2 is 0.854 bits per heavy atom. The molecule has 672 valence electrons. The van der Waals surface area contributed by atoms with Gasteiger partial charge in [-0.1, -0.05) is 137 Å². The Bertz CT molecular complexity index is 4770. The fraction of sp³-hybridized carbons (Fsp3) is 0.591. The molecule has 0 unspecified atom stereocenters. The maximum Gasteiger partial charge on any atom is 0.410 e. The van der Waals surface area contributed by atoms with Crippen LogP contribution in [0, 0.1) is 10.8 Å². The summed E-state index contributed by atoms with van der Waals surface area (Å²) >= 11 is 0. The first-order chi connectivity index (χ1) is 57.2. The van der Waals surface area contributed by atoms with Gasteiger partial charge in [-0.2, -0.15) is 0 Å². The van der Waals surface area contributed by atoms with Crippen molar-refractivity contribution in [1.82, 2.24) is 76.2 Å². The molecule has 4 heterocycles. The molecule has 2 fully saturated rings. The molecule has 123 heavy (non-hydrogen) atoms. The van der Waals surface area contributed by atoms with Crippen molar-refractivity contribution in [2.24, 2.45) is 16.6 Å². The molecule has 0 aliphatic carbocycles. The van der Waals surface area contributed by atoms with Crippen LogP contribution in [0.3, 0.4) is 0 Å². The van der Waals surface area contributed by atoms with Crippen molar-refractivity contribution < 1.29 is 91.1 Å². The number of aliphatic carboxylic acids is 1. The molecule has 35 nitrogen and oxygen atoms in total. The molecule has 8 rings (SSSR count). The molecular weight excluding hydrogens is 1590 g/mol. The number of nitrogens with two attached hydrogens (primary N) is 1. The van der Waals surface area contributed by atoms with Gasteiger partial charge in [0.1, 0.15) is 82.1 Å². The molecule has 0 spiro atoms. The smallest absolute Gasteiger partial charge is 0.410 e. The number of hydrogen-bond acceptors (Lipinski definition) is 23. The van der Waals surface area contributed by atoms with E-state index in [4.69, 9.17) is 34.2 Å². The molecule has 9 amide bonds. The van der Waals surface area contributed by atoms with Gasteiger partial charge in [0.2, 0.25) is 41.4 Å². The second-order valence-corrected chi connectivity index (χ2v) is 37.7. The van der Waals surface area contributed by atoms with Gasteiger partial charge >= 0.3 is 30.1 Å². The lowest BCUT2D eigenvalue weighted by atomic mass is 9.85. The highest BCUT2D eigenvalue weighted by Gasteiger charge is 2.51. The summed E-state index contributed by atoms with van der Waals surface area (Å²) < 4.78 is 38.3. The Morgan fingerprint density at radius 1 is 0.488 bits per heavy atom. The fourth-order valence-corrected chi connectivity index (χ4v) is 14.1. The Kier molecular flexibility index (Phi) is 32.0. The molecule has 0 saturated carbocycles. The third-order valence-corrected chi connectivity index (χ3v) is 20.8. The summed E-state index contributed by atoms with van der Waals surface area (Å²) in [5, 5.41) is 45.6. The molecule has 2 saturated heterocycles. The maximum atomic E-state index is 15.7. The number of esters is 2. The first-order valence-corrected chi connectivity index (χ1v) is 41.6. The molecule has 8 N–H and O–H groups in total. The lowest BCUT2D eigenvalue weighted by Crippen LogP contribution is -2.62. The number of carboxylic acids is 1. The van der Waals surface area contributed by atoms with E-state index in [-0.39, 0.29) is 89.3 Å². The largest absolute Gasteiger partial charge is 0.480 e. The fourth-order valence-electron chi connectivity index (χ4n) is 14.1. The minimum atomic E-state index is -1.51. The summed E-state index contributed by atoms with van der Waals surface area (Å²) in [7, 11) is 2.78. The zero-order chi connectivity index (χ0) is 91.3. The average molecular weight is 1710 g/mol. The standard InChI is InChI=1S/C88H126N16O19/c1-51(99(21)81(116)122-87(15,16)17)71(105)93-69(83(3,4)5)76(110)101-41-37-65(118-49-59-47-103(97-95-59)63(35-39-89)79(114)120-85(9,10)11)67(101)74(108)91-61(45-53-31-33-55-27-23-25-29-57(55)43-53)73(107)90-40-36-64(80(115)121-86(12,13)14)104-48-60(96-98-104)50-119-66-38-42-102(77(111)70(84(6,7)8)94-72(106)52(2)100(22)82(117)123-88(18,19)20)68(66)75(109)92-62(78(112)113)46-54-32-34-56-28-24-26-30-58(56)44-54/h23-34,43-44,47-48,51-52,61-70H,35-42,45-46,49-50,89H2,1-22H3,(H,90,107)(H,91,108)(H,92,109)(H,93,105)(H,94,106)(H,112,113)/t51-,52-,61-,62-,63-,64-,65-,66-,67-,68-,69+,70+/m0/s1. The van der Waals surface area contributed by atoms with Crippen LogP contribution in [0.25, 0.3) is 21.5 Å². The van der Waals surface area contributed by atoms with E-state index in [0.29, 0.717) is 11.1 Å². The summed E-state index contributed by atoms with van der Waals surface area (Å²) in [4.78, 5) is 178. The molecule has 2 aliphatic rings. The number of nitrogens with one attached hydrogen (secondary N) is 5. The van der Waals surface area contributed by atoms with Crippen molar-refractivity contribution in [2.75, 3.05) is 40.3 Å². The van der Waals surface area contributed by atoms with E-state index >= 15 is 24.0 Å². The van der Waals surface area contributed by atoms with E-state index in [1.165, 1.54) is 59.5 Å². The van der Waals surface area contributed by atoms with Gasteiger partial charge in [0.15, 0.2) is 12.1 Å². The van der Waals surface area contributed by atoms with Gasteiger partial charge in [0.25, 0.3) is 0 Å². The van der Waals surface area contributed by atoms with E-state index in [1.807, 2.05) is 78.9 Å². The summed E-state index contributed by atoms with van der Waals surface area (Å²) in [6.45, 7) is 32.5. The summed E-state index contributed by atoms with van der Waals surface area (Å²) in [5.41, 5.74) is 1.79. The van der Waals surface area contributed by atoms with E-state index in [0.717, 1.165) is 31.3 Å². The molecular formula is C88H126N16O19. The van der Waals surface area contributed by atoms with E-state index < -0.39 is 177 Å². The minimum absolute atomic E-state index is 0.0209. The van der Waals surface area contributed by atoms with Crippen molar-refractivity contribution in [3.05, 3.63) is 120 Å². The van der Waals surface area contributed by atoms with Gasteiger partial charge in [0, 0.05) is 46.6 Å². The number of likely N-dealkylation sites (tertiary alicyclic amines) is 2. The second-order valence-electron chi connectivity index (χ2n) is 37.7. The topological polar surface area (TPSA) is 441 Å². The van der Waals surface area contributed by atoms with Crippen LogP contribution in [0.15, 0.2) is 97.3 Å². The van der Waals surface area contributed by atoms with Crippen molar-refractivity contribution in [1.29, 1.82) is 0 Å². The Balaban J connectivity index is 1.08. The minimum Gasteiger partial charge on any atom is -0.480 e. The number of hydrogen-bond donors (Lipinski definition) is 7. The SMILES string of the molecule is C[C@@H](C(=O)N[C@H](C(=O)N1CC[C@H](OCc2cn([C@@H](CCNC(=O)[C@H](Cc3ccc4ccccc4c3)NC(=O)[C@@H]3[C@@H](OCc4cn([C@@H](CCN)C(=O)OC(C)(C)C)nn4)CCN3C(=O)[C@@H](NC(=O)[C@H](C)N(C)C(=O)OC(C)(C)C)C(C)(C)C)C(=O)OC(C)(C)C)nn2)[C@H]1C(=O)N[C@@H](Cc1ccc2ccccc2c1)C(=O)O)C(C)(C)C)N(C)C(=O)OC(C)(C)C. The number of ether oxygens (including phenoxy) is 6. The molecule has 0 bridgehead atoms. The van der Waals surface area contributed by atoms with Crippen LogP contribution in [0.5, 0.6) is 0 Å². The number of fused-ring (bicyclic) bond motifs is 2. The Hall–Kier alpha value is -11.2. The first kappa shape index (κ1) is 97.2. The van der Waals surface area contributed by atoms with Gasteiger partial charge in [-0.15, -0.1) is 10.2 Å². The molecule has 12 atom stereocenters. The highest BCUT2D eigenvalue weighted by molar-refractivity contribution is 5.98. The van der Waals surface area contributed by atoms with Gasteiger partial charge < -0.3 is 75.6 Å². The van der Waals surface area contributed by atoms with Crippen molar-refractivity contribution >= 4 is 93.0 Å². The number of carbonyl (C=O) groups is 12. The molecule has 6 aromatic rings. The maximum absolute atomic E-state index is 15.7. The third kappa shape index (κ3) is 27.1. The number of likely N-dealkylation sites (N-methyl/N-ethyl adjacent to an activating group) is 2. The number of nitrogens with zero attached hydrogens (tertiary/aromatic N) is 10. The van der Waals surface area contributed by atoms with Gasteiger partial charge in [-0.25, -0.2) is 33.3 Å². The summed E-state index contributed by atoms with van der Waals surface area (Å²) in [6.07, 6.45) is -1.16. The number of rotatable bonds is 33. The van der Waals surface area contributed by atoms with E-state index in [9.17, 15) is 38.7 Å². The zero-order valence-electron chi connectivity index (χ0n) is 75.0. The van der Waals surface area contributed by atoms with Gasteiger partial charge in [0.05, 0.1) is 37.8 Å². The van der Waals surface area contributed by atoms with Crippen LogP contribution >= 0.6 is 0 Å². The van der Waals surface area contributed by atoms with Crippen molar-refractivity contribution in [3.8, 4) is 0 Å². The van der Waals surface area contributed by atoms with E-state index in [1.54, 1.807) is 131 Å². The van der Waals surface area contributed by atoms with Crippen LogP contribution < -0.4 is 32.3 Å².